The minimum absolute atomic E-state index is 0.0285. The lowest BCUT2D eigenvalue weighted by Gasteiger charge is -2.44. The Bertz CT molecular complexity index is 5460. The van der Waals surface area contributed by atoms with Crippen LogP contribution in [0, 0.1) is 0 Å². The van der Waals surface area contributed by atoms with Gasteiger partial charge in [0.25, 0.3) is 6.71 Å². The van der Waals surface area contributed by atoms with Crippen molar-refractivity contribution in [3.63, 3.8) is 0 Å². The summed E-state index contributed by atoms with van der Waals surface area (Å²) in [5, 5.41) is 1.61. The minimum Gasteiger partial charge on any atom is -0.311 e. The first-order chi connectivity index (χ1) is 48.2. The zero-order valence-corrected chi connectivity index (χ0v) is 52.9. The molecule has 0 unspecified atom stereocenters. The SMILES string of the molecule is FC(F)(F)c1ccc(-c2nc(-c3ccccc3)cc(-c3ccccc3)n2)cc1-n1c2ccccc2c2cc(-c3cc4c5c(c3)N(c3ccc(-c6ccccc6)cc3)c3ccc(-c6ccccc6)cc3B5c3cc(-c5ccccc5)ccc3N4c3ccc(-c4ccccc4)cc3)ccc21. The van der Waals surface area contributed by atoms with Gasteiger partial charge in [0, 0.05) is 61.6 Å². The number of alkyl halides is 3. The largest absolute Gasteiger partial charge is 0.418 e. The van der Waals surface area contributed by atoms with Crippen LogP contribution in [0.3, 0.4) is 0 Å². The van der Waals surface area contributed by atoms with E-state index >= 15 is 13.2 Å². The minimum atomic E-state index is -4.72. The van der Waals surface area contributed by atoms with E-state index in [0.717, 1.165) is 117 Å². The molecule has 2 aliphatic rings. The number of hydrogen-bond donors (Lipinski definition) is 0. The second kappa shape index (κ2) is 23.7. The van der Waals surface area contributed by atoms with Gasteiger partial charge in [-0.3, -0.25) is 0 Å². The molecular weight excluding hydrogens is 1210 g/mol. The molecule has 4 heterocycles. The van der Waals surface area contributed by atoms with Crippen LogP contribution in [0.15, 0.2) is 346 Å². The number of aromatic nitrogens is 3. The van der Waals surface area contributed by atoms with E-state index in [9.17, 15) is 0 Å². The predicted molar refractivity (Wildman–Crippen MR) is 399 cm³/mol. The van der Waals surface area contributed by atoms with E-state index < -0.39 is 11.7 Å². The Hall–Kier alpha value is -12.6. The van der Waals surface area contributed by atoms with Crippen LogP contribution in [0.1, 0.15) is 5.56 Å². The van der Waals surface area contributed by atoms with Crippen molar-refractivity contribution < 1.29 is 13.2 Å². The van der Waals surface area contributed by atoms with Crippen LogP contribution < -0.4 is 26.2 Å². The van der Waals surface area contributed by atoms with Gasteiger partial charge in [0.1, 0.15) is 0 Å². The summed E-state index contributed by atoms with van der Waals surface area (Å²) in [6.07, 6.45) is -4.72. The van der Waals surface area contributed by atoms with E-state index in [1.54, 1.807) is 10.6 Å². The number of benzene rings is 14. The summed E-state index contributed by atoms with van der Waals surface area (Å²) >= 11 is 0. The molecule has 0 atom stereocenters. The van der Waals surface area contributed by atoms with Gasteiger partial charge in [0.15, 0.2) is 5.82 Å². The molecule has 2 aromatic heterocycles. The third-order valence-electron chi connectivity index (χ3n) is 19.4. The highest BCUT2D eigenvalue weighted by Gasteiger charge is 2.44. The van der Waals surface area contributed by atoms with Gasteiger partial charge in [-0.15, -0.1) is 0 Å². The monoisotopic (exact) mass is 1260 g/mol. The standard InChI is InChI=1S/C89H57BF3N5/c91-89(92,93)75-47-39-69(88-94-78(64-29-15-5-16-30-64)57-79(95-88)65-31-17-6-18-32-65)54-84(75)98-80-34-20-19-33-73(80)74-51-66(40-48-81(74)98)70-55-85-87-86(56-70)97(72-45-37-63(38-46-72)59-23-9-2-10-24-59)83-50-42-68(61-27-13-4-14-28-61)53-77(83)90(87)76-52-67(60-25-11-3-12-26-60)41-49-82(76)96(85)71-43-35-62(36-44-71)58-21-7-1-8-22-58/h1-57H. The van der Waals surface area contributed by atoms with Crippen molar-refractivity contribution in [2.24, 2.45) is 0 Å². The Morgan fingerprint density at radius 1 is 0.265 bits per heavy atom. The first kappa shape index (κ1) is 58.0. The summed E-state index contributed by atoms with van der Waals surface area (Å²) in [5.74, 6) is 0.308. The molecule has 98 heavy (non-hydrogen) atoms. The Kier molecular flexibility index (Phi) is 14.0. The van der Waals surface area contributed by atoms with E-state index in [2.05, 4.69) is 228 Å². The van der Waals surface area contributed by atoms with Crippen LogP contribution in [0.25, 0.3) is 117 Å². The van der Waals surface area contributed by atoms with E-state index in [4.69, 9.17) is 9.97 Å². The fraction of sp³-hybridized carbons (Fsp3) is 0.0112. The number of rotatable bonds is 11. The van der Waals surface area contributed by atoms with Crippen molar-refractivity contribution >= 4 is 79.0 Å². The Balaban J connectivity index is 0.874. The second-order valence-corrected chi connectivity index (χ2v) is 25.1. The maximum atomic E-state index is 15.9. The second-order valence-electron chi connectivity index (χ2n) is 25.1. The van der Waals surface area contributed by atoms with E-state index in [0.29, 0.717) is 33.8 Å². The smallest absolute Gasteiger partial charge is 0.311 e. The van der Waals surface area contributed by atoms with Gasteiger partial charge in [-0.2, -0.15) is 13.2 Å². The van der Waals surface area contributed by atoms with Crippen LogP contribution in [0.4, 0.5) is 47.3 Å². The molecule has 462 valence electrons. The Morgan fingerprint density at radius 2 is 0.633 bits per heavy atom. The molecule has 0 fully saturated rings. The molecule has 0 spiro atoms. The number of hydrogen-bond acceptors (Lipinski definition) is 4. The van der Waals surface area contributed by atoms with Crippen molar-refractivity contribution in [2.45, 2.75) is 6.18 Å². The molecule has 2 aliphatic heterocycles. The number of fused-ring (bicyclic) bond motifs is 7. The summed E-state index contributed by atoms with van der Waals surface area (Å²) in [6.45, 7) is -0.235. The molecule has 0 saturated carbocycles. The van der Waals surface area contributed by atoms with Gasteiger partial charge in [-0.05, 0) is 157 Å². The van der Waals surface area contributed by atoms with Crippen LogP contribution in [-0.2, 0) is 6.18 Å². The summed E-state index contributed by atoms with van der Waals surface area (Å²) in [7, 11) is 0. The average molecular weight is 1260 g/mol. The molecule has 9 heteroatoms. The number of para-hydroxylation sites is 1. The highest BCUT2D eigenvalue weighted by molar-refractivity contribution is 7.00. The van der Waals surface area contributed by atoms with E-state index in [1.807, 2.05) is 109 Å². The fourth-order valence-corrected chi connectivity index (χ4v) is 14.8. The van der Waals surface area contributed by atoms with Crippen molar-refractivity contribution in [2.75, 3.05) is 9.80 Å². The van der Waals surface area contributed by atoms with Crippen molar-refractivity contribution in [1.29, 1.82) is 0 Å². The van der Waals surface area contributed by atoms with Gasteiger partial charge in [0.05, 0.1) is 33.7 Å². The molecule has 0 saturated heterocycles. The lowest BCUT2D eigenvalue weighted by atomic mass is 9.33. The number of nitrogens with zero attached hydrogens (tertiary/aromatic N) is 5. The molecule has 0 amide bonds. The topological polar surface area (TPSA) is 37.2 Å². The van der Waals surface area contributed by atoms with E-state index in [-0.39, 0.29) is 12.4 Å². The van der Waals surface area contributed by atoms with Gasteiger partial charge < -0.3 is 14.4 Å². The van der Waals surface area contributed by atoms with E-state index in [1.165, 1.54) is 23.1 Å². The molecule has 18 rings (SSSR count). The van der Waals surface area contributed by atoms with Crippen LogP contribution >= 0.6 is 0 Å². The normalized spacial score (nSPS) is 12.4. The van der Waals surface area contributed by atoms with Crippen LogP contribution in [0.2, 0.25) is 0 Å². The predicted octanol–water partition coefficient (Wildman–Crippen LogP) is 22.0. The van der Waals surface area contributed by atoms with Gasteiger partial charge in [0.2, 0.25) is 0 Å². The molecule has 5 nitrogen and oxygen atoms in total. The fourth-order valence-electron chi connectivity index (χ4n) is 14.8. The summed E-state index contributed by atoms with van der Waals surface area (Å²) < 4.78 is 49.5. The molecule has 0 radical (unpaired) electrons. The molecular formula is C89H57BF3N5. The molecule has 0 bridgehead atoms. The number of halogens is 3. The first-order valence-corrected chi connectivity index (χ1v) is 33.0. The van der Waals surface area contributed by atoms with Gasteiger partial charge >= 0.3 is 6.18 Å². The molecule has 0 aliphatic carbocycles. The highest BCUT2D eigenvalue weighted by atomic mass is 19.4. The Labute approximate surface area is 566 Å². The van der Waals surface area contributed by atoms with Gasteiger partial charge in [-0.25, -0.2) is 9.97 Å². The summed E-state index contributed by atoms with van der Waals surface area (Å²) in [5.41, 5.74) is 24.4. The van der Waals surface area contributed by atoms with Crippen molar-refractivity contribution in [3.05, 3.63) is 351 Å². The van der Waals surface area contributed by atoms with Gasteiger partial charge in [-0.1, -0.05) is 261 Å². The number of anilines is 6. The van der Waals surface area contributed by atoms with Crippen molar-refractivity contribution in [3.8, 4) is 95.2 Å². The third kappa shape index (κ3) is 10.1. The maximum Gasteiger partial charge on any atom is 0.418 e. The lowest BCUT2D eigenvalue weighted by molar-refractivity contribution is -0.137. The van der Waals surface area contributed by atoms with Crippen molar-refractivity contribution in [1.82, 2.24) is 14.5 Å². The first-order valence-electron chi connectivity index (χ1n) is 33.0. The quantitative estimate of drug-likeness (QED) is 0.121. The summed E-state index contributed by atoms with van der Waals surface area (Å²) in [4.78, 5) is 15.0. The summed E-state index contributed by atoms with van der Waals surface area (Å²) in [6, 6.07) is 118. The maximum absolute atomic E-state index is 15.9. The van der Waals surface area contributed by atoms with Crippen LogP contribution in [-0.4, -0.2) is 21.2 Å². The van der Waals surface area contributed by atoms with Crippen LogP contribution in [0.5, 0.6) is 0 Å². The zero-order chi connectivity index (χ0) is 65.4. The highest BCUT2D eigenvalue weighted by Crippen LogP contribution is 2.49. The zero-order valence-electron chi connectivity index (χ0n) is 52.9. The third-order valence-corrected chi connectivity index (χ3v) is 19.4. The molecule has 14 aromatic carbocycles. The molecule has 16 aromatic rings. The lowest BCUT2D eigenvalue weighted by Crippen LogP contribution is -2.61. The average Bonchev–Trinajstić information content (AvgIpc) is 0.785. The molecule has 0 N–H and O–H groups in total. The Morgan fingerprint density at radius 3 is 1.10 bits per heavy atom.